The molecule has 3 nitrogen and oxygen atoms in total. The average Bonchev–Trinajstić information content (AvgIpc) is 3.00. The Balaban J connectivity index is 1.50. The summed E-state index contributed by atoms with van der Waals surface area (Å²) in [4.78, 5) is 0. The van der Waals surface area contributed by atoms with Crippen molar-refractivity contribution >= 4 is 0 Å². The Bertz CT molecular complexity index is 517. The van der Waals surface area contributed by atoms with Crippen LogP contribution in [0.1, 0.15) is 65.2 Å². The minimum Gasteiger partial charge on any atom is -0.390 e. The molecule has 0 aromatic rings. The van der Waals surface area contributed by atoms with Crippen molar-refractivity contribution in [3.05, 3.63) is 0 Å². The molecule has 2 bridgehead atoms. The number of aliphatic hydroxyl groups is 2. The Morgan fingerprint density at radius 1 is 1.00 bits per heavy atom. The van der Waals surface area contributed by atoms with Crippen LogP contribution in [0.25, 0.3) is 0 Å². The van der Waals surface area contributed by atoms with Crippen LogP contribution in [0.4, 0.5) is 0 Å². The summed E-state index contributed by atoms with van der Waals surface area (Å²) in [5, 5.41) is 21.3. The first-order valence-corrected chi connectivity index (χ1v) is 9.89. The molecule has 0 unspecified atom stereocenters. The fourth-order valence-electron chi connectivity index (χ4n) is 7.97. The fraction of sp³-hybridized carbons (Fsp3) is 1.00. The van der Waals surface area contributed by atoms with Gasteiger partial charge in [-0.2, -0.15) is 0 Å². The highest BCUT2D eigenvalue weighted by atomic mass is 16.5. The molecule has 5 fully saturated rings. The molecule has 5 rings (SSSR count). The molecule has 0 aromatic carbocycles. The van der Waals surface area contributed by atoms with Crippen molar-refractivity contribution in [1.82, 2.24) is 0 Å². The molecule has 3 heteroatoms. The molecule has 0 aromatic heterocycles. The Morgan fingerprint density at radius 3 is 2.61 bits per heavy atom. The lowest BCUT2D eigenvalue weighted by Gasteiger charge is -2.60. The van der Waals surface area contributed by atoms with Gasteiger partial charge in [-0.1, -0.05) is 6.92 Å². The lowest BCUT2D eigenvalue weighted by Crippen LogP contribution is -2.57. The summed E-state index contributed by atoms with van der Waals surface area (Å²) in [7, 11) is 0. The first-order chi connectivity index (χ1) is 10.9. The van der Waals surface area contributed by atoms with E-state index in [1.807, 2.05) is 0 Å². The van der Waals surface area contributed by atoms with Gasteiger partial charge in [-0.3, -0.25) is 0 Å². The van der Waals surface area contributed by atoms with Gasteiger partial charge in [0.2, 0.25) is 0 Å². The SMILES string of the molecule is C[C@]1(O)CC[C@H]2[C@@H]3CC[C@@H]4C[C@@H](O)[C@@H]5C[C@]4(CO5)[C@H]3CC[C@@]21C. The van der Waals surface area contributed by atoms with E-state index in [-0.39, 0.29) is 17.6 Å². The number of ether oxygens (including phenoxy) is 1. The van der Waals surface area contributed by atoms with Crippen molar-refractivity contribution in [1.29, 1.82) is 0 Å². The molecule has 5 aliphatic rings. The normalized spacial score (nSPS) is 64.2. The van der Waals surface area contributed by atoms with E-state index >= 15 is 0 Å². The van der Waals surface area contributed by atoms with Crippen LogP contribution in [0.3, 0.4) is 0 Å². The summed E-state index contributed by atoms with van der Waals surface area (Å²) in [6.07, 6.45) is 9.13. The quantitative estimate of drug-likeness (QED) is 0.721. The van der Waals surface area contributed by atoms with Gasteiger partial charge in [-0.05, 0) is 87.4 Å². The third kappa shape index (κ3) is 1.72. The molecule has 1 saturated heterocycles. The second-order valence-electron chi connectivity index (χ2n) is 10.0. The van der Waals surface area contributed by atoms with Crippen LogP contribution in [-0.2, 0) is 4.74 Å². The van der Waals surface area contributed by atoms with Crippen molar-refractivity contribution in [3.63, 3.8) is 0 Å². The second kappa shape index (κ2) is 4.53. The van der Waals surface area contributed by atoms with E-state index < -0.39 is 5.60 Å². The van der Waals surface area contributed by atoms with E-state index in [0.717, 1.165) is 37.7 Å². The van der Waals surface area contributed by atoms with Crippen LogP contribution >= 0.6 is 0 Å². The van der Waals surface area contributed by atoms with Crippen molar-refractivity contribution in [2.75, 3.05) is 6.61 Å². The summed E-state index contributed by atoms with van der Waals surface area (Å²) >= 11 is 0. The van der Waals surface area contributed by atoms with Gasteiger partial charge in [0.25, 0.3) is 0 Å². The van der Waals surface area contributed by atoms with E-state index in [1.54, 1.807) is 0 Å². The zero-order chi connectivity index (χ0) is 16.0. The summed E-state index contributed by atoms with van der Waals surface area (Å²) in [5.74, 6) is 2.91. The number of hydrogen-bond acceptors (Lipinski definition) is 3. The molecular formula is C20H32O3. The maximum absolute atomic E-state index is 11.0. The number of fused-ring (bicyclic) bond motifs is 4. The Morgan fingerprint density at radius 2 is 1.78 bits per heavy atom. The lowest BCUT2D eigenvalue weighted by atomic mass is 9.44. The first kappa shape index (κ1) is 15.2. The van der Waals surface area contributed by atoms with Gasteiger partial charge in [0.05, 0.1) is 24.4 Å². The Hall–Kier alpha value is -0.120. The van der Waals surface area contributed by atoms with Crippen molar-refractivity contribution in [2.24, 2.45) is 34.5 Å². The van der Waals surface area contributed by atoms with Crippen molar-refractivity contribution in [3.8, 4) is 0 Å². The predicted octanol–water partition coefficient (Wildman–Crippen LogP) is 3.13. The maximum atomic E-state index is 11.0. The van der Waals surface area contributed by atoms with Gasteiger partial charge >= 0.3 is 0 Å². The zero-order valence-electron chi connectivity index (χ0n) is 14.6. The molecule has 1 spiro atoms. The summed E-state index contributed by atoms with van der Waals surface area (Å²) < 4.78 is 6.08. The largest absolute Gasteiger partial charge is 0.390 e. The third-order valence-corrected chi connectivity index (χ3v) is 9.50. The highest BCUT2D eigenvalue weighted by Crippen LogP contribution is 2.69. The molecule has 0 amide bonds. The summed E-state index contributed by atoms with van der Waals surface area (Å²) in [6, 6.07) is 0. The van der Waals surface area contributed by atoms with E-state index in [4.69, 9.17) is 4.74 Å². The zero-order valence-corrected chi connectivity index (χ0v) is 14.6. The standard InChI is InChI=1S/C20H32O3/c1-18-7-5-15-13(14(18)6-8-19(18,2)22)4-3-12-9-16(21)17-10-20(12,15)11-23-17/h12-17,21-22H,3-11H2,1-2H3/t12-,13+,14+,15+,16-,17+,18+,19+,20-/m1/s1. The third-order valence-electron chi connectivity index (χ3n) is 9.50. The number of aliphatic hydroxyl groups excluding tert-OH is 1. The van der Waals surface area contributed by atoms with Gasteiger partial charge < -0.3 is 14.9 Å². The van der Waals surface area contributed by atoms with E-state index in [2.05, 4.69) is 13.8 Å². The van der Waals surface area contributed by atoms with Crippen LogP contribution in [-0.4, -0.2) is 34.6 Å². The molecule has 4 saturated carbocycles. The van der Waals surface area contributed by atoms with Crippen LogP contribution in [0.2, 0.25) is 0 Å². The fourth-order valence-corrected chi connectivity index (χ4v) is 7.97. The van der Waals surface area contributed by atoms with E-state index in [0.29, 0.717) is 17.3 Å². The minimum atomic E-state index is -0.478. The maximum Gasteiger partial charge on any atom is 0.0840 e. The summed E-state index contributed by atoms with van der Waals surface area (Å²) in [6.45, 7) is 5.34. The van der Waals surface area contributed by atoms with Gasteiger partial charge in [0.15, 0.2) is 0 Å². The van der Waals surface area contributed by atoms with Gasteiger partial charge in [0, 0.05) is 5.41 Å². The molecule has 130 valence electrons. The molecule has 1 aliphatic heterocycles. The van der Waals surface area contributed by atoms with Gasteiger partial charge in [0.1, 0.15) is 0 Å². The Kier molecular flexibility index (Phi) is 2.99. The second-order valence-corrected chi connectivity index (χ2v) is 10.0. The van der Waals surface area contributed by atoms with Crippen LogP contribution in [0, 0.1) is 34.5 Å². The molecular weight excluding hydrogens is 288 g/mol. The first-order valence-electron chi connectivity index (χ1n) is 9.89. The van der Waals surface area contributed by atoms with Crippen LogP contribution in [0.15, 0.2) is 0 Å². The number of rotatable bonds is 0. The van der Waals surface area contributed by atoms with Crippen LogP contribution in [0.5, 0.6) is 0 Å². The smallest absolute Gasteiger partial charge is 0.0840 e. The van der Waals surface area contributed by atoms with Gasteiger partial charge in [-0.25, -0.2) is 0 Å². The topological polar surface area (TPSA) is 49.7 Å². The molecule has 0 radical (unpaired) electrons. The molecule has 9 atom stereocenters. The Labute approximate surface area is 139 Å². The monoisotopic (exact) mass is 320 g/mol. The van der Waals surface area contributed by atoms with E-state index in [9.17, 15) is 10.2 Å². The highest BCUT2D eigenvalue weighted by Gasteiger charge is 2.66. The van der Waals surface area contributed by atoms with Gasteiger partial charge in [-0.15, -0.1) is 0 Å². The minimum absolute atomic E-state index is 0.102. The van der Waals surface area contributed by atoms with Crippen LogP contribution < -0.4 is 0 Å². The molecule has 4 aliphatic carbocycles. The molecule has 2 N–H and O–H groups in total. The summed E-state index contributed by atoms with van der Waals surface area (Å²) in [5.41, 5.74) is -0.0120. The van der Waals surface area contributed by atoms with Crippen molar-refractivity contribution in [2.45, 2.75) is 83.0 Å². The van der Waals surface area contributed by atoms with E-state index in [1.165, 1.54) is 32.1 Å². The van der Waals surface area contributed by atoms with Crippen molar-refractivity contribution < 1.29 is 14.9 Å². The number of hydrogen-bond donors (Lipinski definition) is 2. The average molecular weight is 320 g/mol. The molecule has 1 heterocycles. The highest BCUT2D eigenvalue weighted by molar-refractivity contribution is 5.15. The predicted molar refractivity (Wildman–Crippen MR) is 87.8 cm³/mol. The lowest BCUT2D eigenvalue weighted by molar-refractivity contribution is -0.148. The molecule has 23 heavy (non-hydrogen) atoms.